The minimum Gasteiger partial charge on any atom is -0.399 e. The van der Waals surface area contributed by atoms with Crippen LogP contribution in [0.2, 0.25) is 0 Å². The van der Waals surface area contributed by atoms with Crippen LogP contribution in [0.3, 0.4) is 0 Å². The number of rotatable bonds is 2. The van der Waals surface area contributed by atoms with Crippen LogP contribution in [0.15, 0.2) is 35.7 Å². The first-order chi connectivity index (χ1) is 10.2. The fraction of sp³-hybridized carbons (Fsp3) is 0.188. The van der Waals surface area contributed by atoms with Gasteiger partial charge in [0.25, 0.3) is 5.91 Å². The van der Waals surface area contributed by atoms with Gasteiger partial charge in [0, 0.05) is 15.1 Å². The molecule has 0 saturated heterocycles. The Kier molecular flexibility index (Phi) is 2.97. The summed E-state index contributed by atoms with van der Waals surface area (Å²) in [6.45, 7) is 0. The average Bonchev–Trinajstić information content (AvgIpc) is 3.12. The quantitative estimate of drug-likeness (QED) is 0.703. The molecule has 3 nitrogen and oxygen atoms in total. The Morgan fingerprint density at radius 1 is 1.24 bits per heavy atom. The van der Waals surface area contributed by atoms with Crippen LogP contribution in [0.5, 0.6) is 0 Å². The fourth-order valence-electron chi connectivity index (χ4n) is 2.89. The summed E-state index contributed by atoms with van der Waals surface area (Å²) in [5.74, 6) is 0.0260. The van der Waals surface area contributed by atoms with Crippen LogP contribution in [0.4, 0.5) is 5.69 Å². The lowest BCUT2D eigenvalue weighted by atomic mass is 10.1. The molecule has 0 radical (unpaired) electrons. The summed E-state index contributed by atoms with van der Waals surface area (Å²) in [4.78, 5) is 13.2. The molecule has 106 valence electrons. The highest BCUT2D eigenvalue weighted by atomic mass is 32.1. The van der Waals surface area contributed by atoms with E-state index in [4.69, 9.17) is 5.73 Å². The van der Waals surface area contributed by atoms with Crippen molar-refractivity contribution in [1.29, 1.82) is 0 Å². The molecule has 0 bridgehead atoms. The van der Waals surface area contributed by atoms with Crippen LogP contribution in [0.1, 0.15) is 33.3 Å². The summed E-state index contributed by atoms with van der Waals surface area (Å²) < 4.78 is 2.37. The van der Waals surface area contributed by atoms with Crippen molar-refractivity contribution in [3.63, 3.8) is 0 Å². The number of anilines is 1. The standard InChI is InChI=1S/C16H14N2OS2/c17-10-2-3-11-9(7-10)1-4-12(11)18-16(19)15-8-14-13(21-15)5-6-20-14/h2-3,5-8,12H,1,4,17H2,(H,18,19). The molecular weight excluding hydrogens is 300 g/mol. The third kappa shape index (κ3) is 2.22. The number of nitrogens with two attached hydrogens (primary N) is 1. The van der Waals surface area contributed by atoms with Crippen LogP contribution in [0.25, 0.3) is 9.40 Å². The van der Waals surface area contributed by atoms with Crippen LogP contribution >= 0.6 is 22.7 Å². The van der Waals surface area contributed by atoms with Crippen molar-refractivity contribution in [2.45, 2.75) is 18.9 Å². The van der Waals surface area contributed by atoms with Gasteiger partial charge in [0.2, 0.25) is 0 Å². The molecule has 0 spiro atoms. The predicted octanol–water partition coefficient (Wildman–Crippen LogP) is 3.96. The highest BCUT2D eigenvalue weighted by Crippen LogP contribution is 2.34. The van der Waals surface area contributed by atoms with Gasteiger partial charge in [0.15, 0.2) is 0 Å². The molecule has 21 heavy (non-hydrogen) atoms. The number of hydrogen-bond acceptors (Lipinski definition) is 4. The lowest BCUT2D eigenvalue weighted by Crippen LogP contribution is -2.26. The zero-order chi connectivity index (χ0) is 14.4. The van der Waals surface area contributed by atoms with E-state index in [1.807, 2.05) is 24.3 Å². The van der Waals surface area contributed by atoms with Gasteiger partial charge in [-0.15, -0.1) is 22.7 Å². The lowest BCUT2D eigenvalue weighted by Gasteiger charge is -2.13. The van der Waals surface area contributed by atoms with E-state index in [9.17, 15) is 4.79 Å². The van der Waals surface area contributed by atoms with E-state index in [1.54, 1.807) is 22.7 Å². The Morgan fingerprint density at radius 3 is 3.00 bits per heavy atom. The number of carbonyl (C=O) groups excluding carboxylic acids is 1. The van der Waals surface area contributed by atoms with Gasteiger partial charge < -0.3 is 11.1 Å². The molecule has 0 fully saturated rings. The van der Waals surface area contributed by atoms with Gasteiger partial charge in [-0.3, -0.25) is 4.79 Å². The Morgan fingerprint density at radius 2 is 2.14 bits per heavy atom. The van der Waals surface area contributed by atoms with Crippen molar-refractivity contribution in [1.82, 2.24) is 5.32 Å². The summed E-state index contributed by atoms with van der Waals surface area (Å²) in [6.07, 6.45) is 1.93. The molecule has 1 unspecified atom stereocenters. The number of nitrogen functional groups attached to an aromatic ring is 1. The predicted molar refractivity (Wildman–Crippen MR) is 89.1 cm³/mol. The van der Waals surface area contributed by atoms with E-state index in [-0.39, 0.29) is 11.9 Å². The summed E-state index contributed by atoms with van der Waals surface area (Å²) in [7, 11) is 0. The largest absolute Gasteiger partial charge is 0.399 e. The molecule has 0 saturated carbocycles. The maximum atomic E-state index is 12.4. The summed E-state index contributed by atoms with van der Waals surface area (Å²) in [5.41, 5.74) is 9.07. The zero-order valence-electron chi connectivity index (χ0n) is 11.3. The Bertz CT molecular complexity index is 805. The van der Waals surface area contributed by atoms with Crippen molar-refractivity contribution in [2.24, 2.45) is 0 Å². The van der Waals surface area contributed by atoms with E-state index in [1.165, 1.54) is 20.5 Å². The van der Waals surface area contributed by atoms with Crippen LogP contribution in [-0.2, 0) is 6.42 Å². The van der Waals surface area contributed by atoms with Crippen LogP contribution < -0.4 is 11.1 Å². The molecule has 0 aliphatic heterocycles. The van der Waals surface area contributed by atoms with E-state index >= 15 is 0 Å². The van der Waals surface area contributed by atoms with E-state index in [2.05, 4.69) is 16.8 Å². The van der Waals surface area contributed by atoms with Gasteiger partial charge in [0.05, 0.1) is 10.9 Å². The van der Waals surface area contributed by atoms with Gasteiger partial charge in [-0.1, -0.05) is 6.07 Å². The SMILES string of the molecule is Nc1ccc2c(c1)CCC2NC(=O)c1cc2sccc2s1. The first kappa shape index (κ1) is 12.9. The molecule has 1 aromatic carbocycles. The summed E-state index contributed by atoms with van der Waals surface area (Å²) >= 11 is 3.23. The number of amides is 1. The van der Waals surface area contributed by atoms with Gasteiger partial charge in [-0.05, 0) is 53.6 Å². The van der Waals surface area contributed by atoms with Gasteiger partial charge in [-0.2, -0.15) is 0 Å². The minimum atomic E-state index is 0.0260. The minimum absolute atomic E-state index is 0.0260. The van der Waals surface area contributed by atoms with Gasteiger partial charge in [-0.25, -0.2) is 0 Å². The second kappa shape index (κ2) is 4.86. The molecule has 4 rings (SSSR count). The number of nitrogens with one attached hydrogen (secondary N) is 1. The Hall–Kier alpha value is -1.85. The topological polar surface area (TPSA) is 55.1 Å². The van der Waals surface area contributed by atoms with Crippen molar-refractivity contribution in [2.75, 3.05) is 5.73 Å². The highest BCUT2D eigenvalue weighted by molar-refractivity contribution is 7.27. The average molecular weight is 314 g/mol. The molecule has 1 aliphatic carbocycles. The van der Waals surface area contributed by atoms with Crippen molar-refractivity contribution in [3.8, 4) is 0 Å². The molecule has 5 heteroatoms. The van der Waals surface area contributed by atoms with E-state index < -0.39 is 0 Å². The monoisotopic (exact) mass is 314 g/mol. The van der Waals surface area contributed by atoms with Crippen LogP contribution in [0, 0.1) is 0 Å². The number of benzene rings is 1. The number of thiophene rings is 2. The fourth-order valence-corrected chi connectivity index (χ4v) is 4.91. The first-order valence-corrected chi connectivity index (χ1v) is 8.56. The summed E-state index contributed by atoms with van der Waals surface area (Å²) in [6, 6.07) is 10.1. The lowest BCUT2D eigenvalue weighted by molar-refractivity contribution is 0.0941. The second-order valence-corrected chi connectivity index (χ2v) is 7.31. The normalized spacial score (nSPS) is 17.0. The molecule has 3 N–H and O–H groups in total. The van der Waals surface area contributed by atoms with Crippen molar-refractivity contribution < 1.29 is 4.79 Å². The van der Waals surface area contributed by atoms with E-state index in [0.29, 0.717) is 0 Å². The third-order valence-corrected chi connectivity index (χ3v) is 6.01. The molecule has 1 amide bonds. The second-order valence-electron chi connectivity index (χ2n) is 5.28. The molecule has 2 heterocycles. The number of hydrogen-bond donors (Lipinski definition) is 2. The maximum Gasteiger partial charge on any atom is 0.261 e. The van der Waals surface area contributed by atoms with Gasteiger partial charge in [0.1, 0.15) is 0 Å². The molecular formula is C16H14N2OS2. The number of aryl methyl sites for hydroxylation is 1. The molecule has 2 aromatic heterocycles. The third-order valence-electron chi connectivity index (χ3n) is 3.91. The maximum absolute atomic E-state index is 12.4. The smallest absolute Gasteiger partial charge is 0.261 e. The number of carbonyl (C=O) groups is 1. The van der Waals surface area contributed by atoms with Crippen molar-refractivity contribution >= 4 is 43.7 Å². The highest BCUT2D eigenvalue weighted by Gasteiger charge is 2.25. The Balaban J connectivity index is 1.57. The first-order valence-electron chi connectivity index (χ1n) is 6.87. The van der Waals surface area contributed by atoms with Crippen molar-refractivity contribution in [3.05, 3.63) is 51.7 Å². The Labute approximate surface area is 130 Å². The van der Waals surface area contributed by atoms with E-state index in [0.717, 1.165) is 23.4 Å². The zero-order valence-corrected chi connectivity index (χ0v) is 12.9. The molecule has 1 aliphatic rings. The van der Waals surface area contributed by atoms with Gasteiger partial charge >= 0.3 is 0 Å². The molecule has 1 atom stereocenters. The summed E-state index contributed by atoms with van der Waals surface area (Å²) in [5, 5.41) is 5.21. The molecule has 3 aromatic rings. The number of fused-ring (bicyclic) bond motifs is 2. The van der Waals surface area contributed by atoms with Crippen LogP contribution in [-0.4, -0.2) is 5.91 Å².